The van der Waals surface area contributed by atoms with Crippen LogP contribution in [0.15, 0.2) is 71.6 Å². The summed E-state index contributed by atoms with van der Waals surface area (Å²) in [5.74, 6) is 0.856. The molecular weight excluding hydrogens is 428 g/mol. The normalized spacial score (nSPS) is 19.3. The van der Waals surface area contributed by atoms with Crippen molar-refractivity contribution in [1.29, 1.82) is 0 Å². The minimum atomic E-state index is -0.0552. The molecule has 5 heteroatoms. The molecule has 0 saturated heterocycles. The maximum Gasteiger partial charge on any atom is 0.226 e. The lowest BCUT2D eigenvalue weighted by Gasteiger charge is -2.41. The summed E-state index contributed by atoms with van der Waals surface area (Å²) in [7, 11) is 0. The van der Waals surface area contributed by atoms with Crippen LogP contribution in [0.4, 0.5) is 5.69 Å². The van der Waals surface area contributed by atoms with E-state index in [-0.39, 0.29) is 11.3 Å². The third kappa shape index (κ3) is 4.60. The number of nitrogens with one attached hydrogen (secondary N) is 1. The van der Waals surface area contributed by atoms with Gasteiger partial charge >= 0.3 is 0 Å². The van der Waals surface area contributed by atoms with Crippen LogP contribution in [0, 0.1) is 6.92 Å². The van der Waals surface area contributed by atoms with Crippen LogP contribution >= 0.6 is 11.9 Å². The fraction of sp³-hybridized carbons (Fsp3) is 0.321. The van der Waals surface area contributed by atoms with Gasteiger partial charge in [-0.05, 0) is 73.0 Å². The van der Waals surface area contributed by atoms with Crippen molar-refractivity contribution in [3.8, 4) is 5.75 Å². The van der Waals surface area contributed by atoms with E-state index in [0.29, 0.717) is 6.61 Å². The monoisotopic (exact) mass is 458 g/mol. The van der Waals surface area contributed by atoms with Gasteiger partial charge in [-0.3, -0.25) is 9.52 Å². The van der Waals surface area contributed by atoms with Crippen molar-refractivity contribution in [2.75, 3.05) is 18.1 Å². The van der Waals surface area contributed by atoms with E-state index in [1.165, 1.54) is 47.5 Å². The third-order valence-corrected chi connectivity index (χ3v) is 7.61. The number of anilines is 1. The molecule has 1 aliphatic heterocycles. The molecule has 1 spiro atoms. The Morgan fingerprint density at radius 3 is 2.79 bits per heavy atom. The van der Waals surface area contributed by atoms with E-state index in [1.54, 1.807) is 0 Å². The molecule has 33 heavy (non-hydrogen) atoms. The van der Waals surface area contributed by atoms with E-state index in [9.17, 15) is 4.79 Å². The molecule has 0 radical (unpaired) electrons. The van der Waals surface area contributed by atoms with Crippen molar-refractivity contribution in [1.82, 2.24) is 4.72 Å². The molecular formula is C28H30N2O2S. The van der Waals surface area contributed by atoms with Gasteiger partial charge in [0.15, 0.2) is 0 Å². The topological polar surface area (TPSA) is 41.6 Å². The number of ether oxygens (including phenoxy) is 1. The van der Waals surface area contributed by atoms with E-state index >= 15 is 0 Å². The van der Waals surface area contributed by atoms with Crippen LogP contribution in [0.5, 0.6) is 5.75 Å². The highest BCUT2D eigenvalue weighted by Gasteiger charge is 2.41. The Bertz CT molecular complexity index is 1160. The maximum atomic E-state index is 11.4. The number of benzene rings is 3. The second kappa shape index (κ2) is 9.14. The molecule has 1 N–H and O–H groups in total. The maximum absolute atomic E-state index is 11.4. The Morgan fingerprint density at radius 1 is 1.12 bits per heavy atom. The molecule has 0 bridgehead atoms. The first-order valence-electron chi connectivity index (χ1n) is 11.6. The molecule has 170 valence electrons. The van der Waals surface area contributed by atoms with Crippen molar-refractivity contribution >= 4 is 23.5 Å². The molecule has 0 fully saturated rings. The van der Waals surface area contributed by atoms with Gasteiger partial charge in [0.25, 0.3) is 0 Å². The van der Waals surface area contributed by atoms with Gasteiger partial charge in [-0.25, -0.2) is 0 Å². The molecule has 1 amide bonds. The molecule has 1 unspecified atom stereocenters. The van der Waals surface area contributed by atoms with Gasteiger partial charge in [-0.1, -0.05) is 54.1 Å². The van der Waals surface area contributed by atoms with Gasteiger partial charge < -0.3 is 9.64 Å². The number of aryl methyl sites for hydroxylation is 2. The van der Waals surface area contributed by atoms with Crippen LogP contribution in [0.2, 0.25) is 0 Å². The lowest BCUT2D eigenvalue weighted by atomic mass is 9.69. The third-order valence-electron chi connectivity index (χ3n) is 6.73. The Kier molecular flexibility index (Phi) is 6.07. The minimum absolute atomic E-state index is 0.0416. The summed E-state index contributed by atoms with van der Waals surface area (Å²) in [4.78, 5) is 14.9. The number of amides is 1. The summed E-state index contributed by atoms with van der Waals surface area (Å²) >= 11 is 1.35. The fourth-order valence-electron chi connectivity index (χ4n) is 5.23. The second-order valence-electron chi connectivity index (χ2n) is 9.31. The first kappa shape index (κ1) is 21.9. The fourth-order valence-corrected chi connectivity index (χ4v) is 5.80. The smallest absolute Gasteiger partial charge is 0.226 e. The van der Waals surface area contributed by atoms with Crippen molar-refractivity contribution < 1.29 is 9.53 Å². The molecule has 4 nitrogen and oxygen atoms in total. The molecule has 3 aromatic carbocycles. The molecule has 3 aromatic rings. The van der Waals surface area contributed by atoms with Gasteiger partial charge in [0.05, 0.1) is 12.3 Å². The predicted molar refractivity (Wildman–Crippen MR) is 135 cm³/mol. The number of hydrogen-bond acceptors (Lipinski definition) is 4. The first-order chi connectivity index (χ1) is 16.0. The molecule has 2 aliphatic rings. The van der Waals surface area contributed by atoms with Crippen LogP contribution < -0.4 is 14.4 Å². The Hall–Kier alpha value is -2.92. The molecule has 1 atom stereocenters. The standard InChI is InChI=1S/C28H30N2O2S/c1-20-10-12-25-23(15-20)9-6-14-28(25)18-30(17-22-7-4-3-5-8-22)26-16-24(33-29-21(2)31)11-13-27(26)32-19-28/h3-5,7-8,10-13,15-16H,6,9,14,17-19H2,1-2H3,(H,29,31). The van der Waals surface area contributed by atoms with Gasteiger partial charge in [0, 0.05) is 30.3 Å². The molecule has 1 aliphatic carbocycles. The number of nitrogens with zero attached hydrogens (tertiary/aromatic N) is 1. The van der Waals surface area contributed by atoms with Crippen LogP contribution in [-0.4, -0.2) is 19.1 Å². The predicted octanol–water partition coefficient (Wildman–Crippen LogP) is 5.81. The SMILES string of the molecule is CC(=O)NSc1ccc2c(c1)N(Cc1ccccc1)CC1(CCCc3cc(C)ccc31)CO2. The number of rotatable bonds is 4. The van der Waals surface area contributed by atoms with Crippen molar-refractivity contribution in [3.05, 3.63) is 89.0 Å². The number of carbonyl (C=O) groups excluding carboxylic acids is 1. The highest BCUT2D eigenvalue weighted by Crippen LogP contribution is 2.45. The van der Waals surface area contributed by atoms with Crippen LogP contribution in [-0.2, 0) is 23.2 Å². The Balaban J connectivity index is 1.55. The summed E-state index contributed by atoms with van der Waals surface area (Å²) in [6.07, 6.45) is 3.44. The number of carbonyl (C=O) groups is 1. The lowest BCUT2D eigenvalue weighted by Crippen LogP contribution is -2.45. The zero-order chi connectivity index (χ0) is 22.8. The second-order valence-corrected chi connectivity index (χ2v) is 10.2. The summed E-state index contributed by atoms with van der Waals surface area (Å²) in [6, 6.07) is 23.8. The summed E-state index contributed by atoms with van der Waals surface area (Å²) in [5, 5.41) is 0. The summed E-state index contributed by atoms with van der Waals surface area (Å²) in [6.45, 7) is 6.11. The van der Waals surface area contributed by atoms with Crippen LogP contribution in [0.3, 0.4) is 0 Å². The van der Waals surface area contributed by atoms with Gasteiger partial charge in [-0.2, -0.15) is 0 Å². The van der Waals surface area contributed by atoms with E-state index < -0.39 is 0 Å². The molecule has 0 saturated carbocycles. The zero-order valence-electron chi connectivity index (χ0n) is 19.3. The largest absolute Gasteiger partial charge is 0.490 e. The van der Waals surface area contributed by atoms with Crippen LogP contribution in [0.25, 0.3) is 0 Å². The average molecular weight is 459 g/mol. The zero-order valence-corrected chi connectivity index (χ0v) is 20.1. The van der Waals surface area contributed by atoms with E-state index in [4.69, 9.17) is 4.74 Å². The van der Waals surface area contributed by atoms with Gasteiger partial charge in [0.2, 0.25) is 5.91 Å². The van der Waals surface area contributed by atoms with Crippen molar-refractivity contribution in [3.63, 3.8) is 0 Å². The highest BCUT2D eigenvalue weighted by molar-refractivity contribution is 7.98. The Labute approximate surface area is 200 Å². The Morgan fingerprint density at radius 2 is 1.97 bits per heavy atom. The molecule has 5 rings (SSSR count). The highest BCUT2D eigenvalue weighted by atomic mass is 32.2. The lowest BCUT2D eigenvalue weighted by molar-refractivity contribution is -0.117. The average Bonchev–Trinajstić information content (AvgIpc) is 2.96. The van der Waals surface area contributed by atoms with E-state index in [2.05, 4.69) is 77.2 Å². The summed E-state index contributed by atoms with van der Waals surface area (Å²) < 4.78 is 9.38. The van der Waals surface area contributed by atoms with E-state index in [1.807, 2.05) is 6.07 Å². The molecule has 0 aromatic heterocycles. The van der Waals surface area contributed by atoms with Crippen LogP contribution in [0.1, 0.15) is 42.0 Å². The number of fused-ring (bicyclic) bond motifs is 3. The number of hydrogen-bond donors (Lipinski definition) is 1. The quantitative estimate of drug-likeness (QED) is 0.501. The first-order valence-corrected chi connectivity index (χ1v) is 12.4. The van der Waals surface area contributed by atoms with Crippen molar-refractivity contribution in [2.45, 2.75) is 50.0 Å². The van der Waals surface area contributed by atoms with E-state index in [0.717, 1.165) is 42.3 Å². The van der Waals surface area contributed by atoms with Gasteiger partial charge in [-0.15, -0.1) is 0 Å². The van der Waals surface area contributed by atoms with Gasteiger partial charge in [0.1, 0.15) is 5.75 Å². The minimum Gasteiger partial charge on any atom is -0.490 e. The molecule has 1 heterocycles. The summed E-state index contributed by atoms with van der Waals surface area (Å²) in [5.41, 5.74) is 6.56. The van der Waals surface area contributed by atoms with Crippen molar-refractivity contribution in [2.24, 2.45) is 0 Å².